The number of halogens is 4. The lowest BCUT2D eigenvalue weighted by Gasteiger charge is -2.29. The van der Waals surface area contributed by atoms with Crippen LogP contribution in [-0.2, 0) is 4.79 Å². The van der Waals surface area contributed by atoms with Gasteiger partial charge < -0.3 is 4.90 Å². The first kappa shape index (κ1) is 13.1. The van der Waals surface area contributed by atoms with Crippen LogP contribution in [0.1, 0.15) is 6.92 Å². The van der Waals surface area contributed by atoms with Gasteiger partial charge in [0.15, 0.2) is 5.54 Å². The molecule has 0 bridgehead atoms. The van der Waals surface area contributed by atoms with Crippen LogP contribution in [0.4, 0.5) is 17.9 Å². The third-order valence-corrected chi connectivity index (χ3v) is 1.67. The Balaban J connectivity index is 4.80. The van der Waals surface area contributed by atoms with E-state index in [1.807, 2.05) is 0 Å². The van der Waals surface area contributed by atoms with E-state index >= 15 is 0 Å². The standard InChI is InChI=1S/C6H11F4N3O/c1-6(13(9)10,4-12(7)8)5(14)11(2)3/h4H2,1-3H3/t6-/m0/s1. The third kappa shape index (κ3) is 2.81. The Kier molecular flexibility index (Phi) is 4.27. The SMILES string of the molecule is CN(C)C(=O)[C@](C)(CN(F)F)N(F)F. The second-order valence-corrected chi connectivity index (χ2v) is 3.17. The first-order chi connectivity index (χ1) is 6.21. The summed E-state index contributed by atoms with van der Waals surface area (Å²) in [5.41, 5.74) is -2.53. The molecule has 0 rings (SSSR count). The van der Waals surface area contributed by atoms with E-state index < -0.39 is 28.7 Å². The number of hydrogen-bond donors (Lipinski definition) is 0. The summed E-state index contributed by atoms with van der Waals surface area (Å²) in [7, 11) is 2.43. The number of carbonyl (C=O) groups excluding carboxylic acids is 1. The van der Waals surface area contributed by atoms with Crippen LogP contribution in [0, 0.1) is 0 Å². The minimum Gasteiger partial charge on any atom is -0.347 e. The van der Waals surface area contributed by atoms with Gasteiger partial charge in [0.1, 0.15) is 0 Å². The highest BCUT2D eigenvalue weighted by Crippen LogP contribution is 2.20. The second-order valence-electron chi connectivity index (χ2n) is 3.17. The Bertz CT molecular complexity index is 211. The molecule has 4 nitrogen and oxygen atoms in total. The maximum atomic E-state index is 12.3. The van der Waals surface area contributed by atoms with Crippen LogP contribution >= 0.6 is 0 Å². The van der Waals surface area contributed by atoms with Gasteiger partial charge in [-0.3, -0.25) is 4.79 Å². The van der Waals surface area contributed by atoms with Gasteiger partial charge in [-0.25, -0.2) is 0 Å². The summed E-state index contributed by atoms with van der Waals surface area (Å²) in [6, 6.07) is 0. The summed E-state index contributed by atoms with van der Waals surface area (Å²) in [6.07, 6.45) is 0. The van der Waals surface area contributed by atoms with E-state index in [1.54, 1.807) is 0 Å². The largest absolute Gasteiger partial charge is 0.347 e. The van der Waals surface area contributed by atoms with Gasteiger partial charge in [0, 0.05) is 24.8 Å². The molecule has 0 heterocycles. The lowest BCUT2D eigenvalue weighted by Crippen LogP contribution is -2.55. The number of rotatable bonds is 4. The van der Waals surface area contributed by atoms with Crippen LogP contribution in [-0.4, -0.2) is 47.7 Å². The Morgan fingerprint density at radius 2 is 1.64 bits per heavy atom. The third-order valence-electron chi connectivity index (χ3n) is 1.67. The monoisotopic (exact) mass is 217 g/mol. The molecule has 84 valence electrons. The van der Waals surface area contributed by atoms with Crippen molar-refractivity contribution >= 4 is 5.91 Å². The average Bonchev–Trinajstić information content (AvgIpc) is 2.00. The van der Waals surface area contributed by atoms with E-state index in [4.69, 9.17) is 0 Å². The van der Waals surface area contributed by atoms with Gasteiger partial charge in [-0.1, -0.05) is 0 Å². The summed E-state index contributed by atoms with van der Waals surface area (Å²) in [6.45, 7) is -0.626. The normalized spacial score (nSPS) is 15.8. The highest BCUT2D eigenvalue weighted by molar-refractivity contribution is 5.85. The van der Waals surface area contributed by atoms with E-state index in [-0.39, 0.29) is 0 Å². The fraction of sp³-hybridized carbons (Fsp3) is 0.833. The Morgan fingerprint density at radius 1 is 1.21 bits per heavy atom. The predicted octanol–water partition coefficient (Wildman–Crippen LogP) is 0.975. The van der Waals surface area contributed by atoms with Crippen molar-refractivity contribution < 1.29 is 22.7 Å². The number of hydrogen-bond acceptors (Lipinski definition) is 3. The van der Waals surface area contributed by atoms with Crippen molar-refractivity contribution in [3.05, 3.63) is 0 Å². The zero-order chi connectivity index (χ0) is 11.5. The highest BCUT2D eigenvalue weighted by atomic mass is 19.4. The molecule has 0 saturated carbocycles. The Morgan fingerprint density at radius 3 is 1.86 bits per heavy atom. The van der Waals surface area contributed by atoms with E-state index in [2.05, 4.69) is 0 Å². The van der Waals surface area contributed by atoms with Crippen molar-refractivity contribution in [3.63, 3.8) is 0 Å². The summed E-state index contributed by atoms with van der Waals surface area (Å²) in [4.78, 5) is 12.0. The molecule has 0 radical (unpaired) electrons. The van der Waals surface area contributed by atoms with Gasteiger partial charge in [0.25, 0.3) is 0 Å². The summed E-state index contributed by atoms with van der Waals surface area (Å²) in [5, 5.41) is -2.96. The van der Waals surface area contributed by atoms with Crippen LogP contribution in [0.25, 0.3) is 0 Å². The molecular weight excluding hydrogens is 206 g/mol. The highest BCUT2D eigenvalue weighted by Gasteiger charge is 2.45. The van der Waals surface area contributed by atoms with Gasteiger partial charge >= 0.3 is 0 Å². The van der Waals surface area contributed by atoms with Crippen LogP contribution in [0.3, 0.4) is 0 Å². The van der Waals surface area contributed by atoms with Crippen molar-refractivity contribution in [2.24, 2.45) is 0 Å². The van der Waals surface area contributed by atoms with Crippen molar-refractivity contribution in [2.45, 2.75) is 12.5 Å². The van der Waals surface area contributed by atoms with Crippen molar-refractivity contribution in [2.75, 3.05) is 20.6 Å². The van der Waals surface area contributed by atoms with Crippen LogP contribution < -0.4 is 0 Å². The lowest BCUT2D eigenvalue weighted by atomic mass is 10.0. The summed E-state index contributed by atoms with van der Waals surface area (Å²) >= 11 is 0. The second kappa shape index (κ2) is 4.56. The smallest absolute Gasteiger partial charge is 0.249 e. The van der Waals surface area contributed by atoms with Crippen LogP contribution in [0.15, 0.2) is 0 Å². The molecule has 0 N–H and O–H groups in total. The fourth-order valence-corrected chi connectivity index (χ4v) is 0.908. The predicted molar refractivity (Wildman–Crippen MR) is 40.1 cm³/mol. The molecule has 0 aromatic heterocycles. The Labute approximate surface area is 78.4 Å². The molecular formula is C6H11F4N3O. The maximum absolute atomic E-state index is 12.3. The van der Waals surface area contributed by atoms with Gasteiger partial charge in [-0.05, 0) is 6.92 Å². The van der Waals surface area contributed by atoms with Gasteiger partial charge in [0.2, 0.25) is 5.91 Å². The number of carbonyl (C=O) groups is 1. The molecule has 0 saturated heterocycles. The van der Waals surface area contributed by atoms with Crippen molar-refractivity contribution in [3.8, 4) is 0 Å². The molecule has 0 aromatic carbocycles. The molecule has 0 aliphatic rings. The van der Waals surface area contributed by atoms with Crippen LogP contribution in [0.2, 0.25) is 0 Å². The van der Waals surface area contributed by atoms with Gasteiger partial charge in [-0.15, -0.1) is 17.9 Å². The molecule has 0 unspecified atom stereocenters. The fourth-order valence-electron chi connectivity index (χ4n) is 0.908. The summed E-state index contributed by atoms with van der Waals surface area (Å²) in [5.74, 6) is -1.09. The zero-order valence-electron chi connectivity index (χ0n) is 7.97. The minimum absolute atomic E-state index is 0.738. The van der Waals surface area contributed by atoms with E-state index in [0.717, 1.165) is 11.8 Å². The first-order valence-corrected chi connectivity index (χ1v) is 3.64. The first-order valence-electron chi connectivity index (χ1n) is 3.64. The molecule has 14 heavy (non-hydrogen) atoms. The van der Waals surface area contributed by atoms with Gasteiger partial charge in [-0.2, -0.15) is 0 Å². The molecule has 8 heteroatoms. The van der Waals surface area contributed by atoms with Crippen LogP contribution in [0.5, 0.6) is 0 Å². The van der Waals surface area contributed by atoms with E-state index in [0.29, 0.717) is 0 Å². The molecule has 0 spiro atoms. The molecule has 0 aliphatic carbocycles. The minimum atomic E-state index is -2.53. The average molecular weight is 217 g/mol. The Hall–Kier alpha value is -0.890. The quantitative estimate of drug-likeness (QED) is 0.518. The topological polar surface area (TPSA) is 26.8 Å². The molecule has 1 amide bonds. The zero-order valence-corrected chi connectivity index (χ0v) is 7.97. The lowest BCUT2D eigenvalue weighted by molar-refractivity contribution is -0.260. The van der Waals surface area contributed by atoms with Crippen molar-refractivity contribution in [1.82, 2.24) is 15.6 Å². The van der Waals surface area contributed by atoms with E-state index in [1.165, 1.54) is 14.1 Å². The van der Waals surface area contributed by atoms with Gasteiger partial charge in [0.05, 0.1) is 6.54 Å². The molecule has 0 fully saturated rings. The molecule has 1 atom stereocenters. The summed E-state index contributed by atoms with van der Waals surface area (Å²) < 4.78 is 48.2. The maximum Gasteiger partial charge on any atom is 0.249 e. The molecule has 0 aromatic rings. The number of likely N-dealkylation sites (N-methyl/N-ethyl adjacent to an activating group) is 1. The van der Waals surface area contributed by atoms with Crippen molar-refractivity contribution in [1.29, 1.82) is 0 Å². The number of amides is 1. The number of nitrogens with zero attached hydrogens (tertiary/aromatic N) is 3. The van der Waals surface area contributed by atoms with E-state index in [9.17, 15) is 22.7 Å². The molecule has 0 aliphatic heterocycles.